The van der Waals surface area contributed by atoms with Crippen LogP contribution in [-0.2, 0) is 10.0 Å². The number of amides is 1. The molecule has 1 fully saturated rings. The molecular weight excluding hydrogens is 465 g/mol. The van der Waals surface area contributed by atoms with E-state index >= 15 is 0 Å². The minimum atomic E-state index is -3.74. The van der Waals surface area contributed by atoms with E-state index in [1.807, 2.05) is 18.2 Å². The Bertz CT molecular complexity index is 1210. The van der Waals surface area contributed by atoms with Gasteiger partial charge in [-0.15, -0.1) is 11.3 Å². The van der Waals surface area contributed by atoms with Crippen LogP contribution in [-0.4, -0.2) is 36.7 Å². The lowest BCUT2D eigenvalue weighted by Crippen LogP contribution is -2.28. The summed E-state index contributed by atoms with van der Waals surface area (Å²) in [5.74, 6) is -0.468. The first-order valence-electron chi connectivity index (χ1n) is 9.18. The number of anilines is 1. The molecule has 6 nitrogen and oxygen atoms in total. The Hall–Kier alpha value is -1.97. The number of sulfonamides is 1. The van der Waals surface area contributed by atoms with Gasteiger partial charge in [0.25, 0.3) is 5.91 Å². The highest BCUT2D eigenvalue weighted by atomic mass is 35.5. The van der Waals surface area contributed by atoms with Gasteiger partial charge in [0.2, 0.25) is 10.0 Å². The first-order valence-corrected chi connectivity index (χ1v) is 12.3. The highest BCUT2D eigenvalue weighted by Crippen LogP contribution is 2.31. The van der Waals surface area contributed by atoms with E-state index < -0.39 is 15.9 Å². The van der Waals surface area contributed by atoms with Gasteiger partial charge in [-0.1, -0.05) is 41.4 Å². The SMILES string of the molecule is O=C(Nc1nc(-c2ccccc2Cl)cs1)c1ccc(Cl)c(S(=O)(=O)N2CCCC2)c1. The van der Waals surface area contributed by atoms with Gasteiger partial charge >= 0.3 is 0 Å². The second kappa shape index (κ2) is 8.64. The minimum Gasteiger partial charge on any atom is -0.298 e. The van der Waals surface area contributed by atoms with E-state index in [1.54, 1.807) is 11.4 Å². The summed E-state index contributed by atoms with van der Waals surface area (Å²) >= 11 is 13.6. The number of hydrogen-bond acceptors (Lipinski definition) is 5. The van der Waals surface area contributed by atoms with Crippen LogP contribution in [0, 0.1) is 0 Å². The fourth-order valence-electron chi connectivity index (χ4n) is 3.20. The molecule has 1 aromatic heterocycles. The summed E-state index contributed by atoms with van der Waals surface area (Å²) in [4.78, 5) is 17.1. The molecule has 0 atom stereocenters. The van der Waals surface area contributed by atoms with Crippen molar-refractivity contribution < 1.29 is 13.2 Å². The molecule has 2 heterocycles. The number of nitrogens with one attached hydrogen (secondary N) is 1. The lowest BCUT2D eigenvalue weighted by atomic mass is 10.2. The number of halogens is 2. The fraction of sp³-hybridized carbons (Fsp3) is 0.200. The van der Waals surface area contributed by atoms with Crippen LogP contribution in [0.4, 0.5) is 5.13 Å². The Balaban J connectivity index is 1.57. The molecule has 0 radical (unpaired) electrons. The third-order valence-corrected chi connectivity index (χ3v) is 8.22. The van der Waals surface area contributed by atoms with Crippen molar-refractivity contribution in [3.05, 3.63) is 63.5 Å². The van der Waals surface area contributed by atoms with E-state index in [4.69, 9.17) is 23.2 Å². The molecule has 1 amide bonds. The second-order valence-electron chi connectivity index (χ2n) is 6.73. The van der Waals surface area contributed by atoms with Gasteiger partial charge in [-0.25, -0.2) is 13.4 Å². The first-order chi connectivity index (χ1) is 14.4. The van der Waals surface area contributed by atoms with Crippen LogP contribution in [0.1, 0.15) is 23.2 Å². The molecular formula is C20H17Cl2N3O3S2. The summed E-state index contributed by atoms with van der Waals surface area (Å²) in [6.07, 6.45) is 1.63. The van der Waals surface area contributed by atoms with Crippen molar-refractivity contribution in [1.82, 2.24) is 9.29 Å². The van der Waals surface area contributed by atoms with Crippen LogP contribution in [0.25, 0.3) is 11.3 Å². The van der Waals surface area contributed by atoms with Crippen molar-refractivity contribution in [2.24, 2.45) is 0 Å². The third kappa shape index (κ3) is 4.24. The number of benzene rings is 2. The molecule has 0 spiro atoms. The van der Waals surface area contributed by atoms with E-state index in [1.165, 1.54) is 33.8 Å². The monoisotopic (exact) mass is 481 g/mol. The fourth-order valence-corrected chi connectivity index (χ4v) is 6.16. The zero-order chi connectivity index (χ0) is 21.3. The van der Waals surface area contributed by atoms with Gasteiger partial charge in [-0.05, 0) is 37.1 Å². The van der Waals surface area contributed by atoms with Crippen LogP contribution >= 0.6 is 34.5 Å². The molecule has 3 aromatic rings. The highest BCUT2D eigenvalue weighted by molar-refractivity contribution is 7.89. The van der Waals surface area contributed by atoms with Gasteiger partial charge in [-0.2, -0.15) is 4.31 Å². The Labute approximate surface area is 188 Å². The average Bonchev–Trinajstić information content (AvgIpc) is 3.41. The quantitative estimate of drug-likeness (QED) is 0.545. The smallest absolute Gasteiger partial charge is 0.257 e. The van der Waals surface area contributed by atoms with Crippen molar-refractivity contribution in [2.75, 3.05) is 18.4 Å². The summed E-state index contributed by atoms with van der Waals surface area (Å²) in [5.41, 5.74) is 1.60. The summed E-state index contributed by atoms with van der Waals surface area (Å²) in [6, 6.07) is 11.5. The minimum absolute atomic E-state index is 0.0605. The number of carbonyl (C=O) groups is 1. The van der Waals surface area contributed by atoms with E-state index in [9.17, 15) is 13.2 Å². The number of rotatable bonds is 5. The highest BCUT2D eigenvalue weighted by Gasteiger charge is 2.29. The molecule has 1 aliphatic rings. The lowest BCUT2D eigenvalue weighted by Gasteiger charge is -2.17. The van der Waals surface area contributed by atoms with E-state index in [0.29, 0.717) is 28.9 Å². The standard InChI is InChI=1S/C20H17Cl2N3O3S2/c21-15-6-2-1-5-14(15)17-12-29-20(23-17)24-19(26)13-7-8-16(22)18(11-13)30(27,28)25-9-3-4-10-25/h1-2,5-8,11-12H,3-4,9-10H2,(H,23,24,26). The predicted octanol–water partition coefficient (Wildman–Crippen LogP) is 5.15. The summed E-state index contributed by atoms with van der Waals surface area (Å²) in [6.45, 7) is 0.915. The second-order valence-corrected chi connectivity index (χ2v) is 10.3. The molecule has 1 N–H and O–H groups in total. The molecule has 4 rings (SSSR count). The van der Waals surface area contributed by atoms with Crippen LogP contribution in [0.15, 0.2) is 52.7 Å². The van der Waals surface area contributed by atoms with Crippen molar-refractivity contribution in [3.63, 3.8) is 0 Å². The van der Waals surface area contributed by atoms with Crippen LogP contribution in [0.2, 0.25) is 10.0 Å². The molecule has 10 heteroatoms. The summed E-state index contributed by atoms with van der Waals surface area (Å²) in [5, 5.41) is 5.54. The summed E-state index contributed by atoms with van der Waals surface area (Å²) in [7, 11) is -3.74. The number of thiazole rings is 1. The zero-order valence-electron chi connectivity index (χ0n) is 15.6. The molecule has 0 bridgehead atoms. The topological polar surface area (TPSA) is 79.4 Å². The third-order valence-electron chi connectivity index (χ3n) is 4.75. The van der Waals surface area contributed by atoms with Gasteiger partial charge in [0.1, 0.15) is 4.90 Å². The molecule has 0 saturated carbocycles. The largest absolute Gasteiger partial charge is 0.298 e. The molecule has 1 saturated heterocycles. The van der Waals surface area contributed by atoms with Gasteiger partial charge < -0.3 is 0 Å². The Kier molecular flexibility index (Phi) is 6.13. The summed E-state index contributed by atoms with van der Waals surface area (Å²) < 4.78 is 27.1. The van der Waals surface area contributed by atoms with E-state index in [2.05, 4.69) is 10.3 Å². The van der Waals surface area contributed by atoms with Gasteiger partial charge in [0, 0.05) is 34.6 Å². The Morgan fingerprint density at radius 2 is 1.80 bits per heavy atom. The molecule has 30 heavy (non-hydrogen) atoms. The van der Waals surface area contributed by atoms with Crippen molar-refractivity contribution in [2.45, 2.75) is 17.7 Å². The number of hydrogen-bond donors (Lipinski definition) is 1. The van der Waals surface area contributed by atoms with E-state index in [-0.39, 0.29) is 15.5 Å². The Morgan fingerprint density at radius 3 is 2.53 bits per heavy atom. The van der Waals surface area contributed by atoms with Crippen molar-refractivity contribution >= 4 is 55.6 Å². The van der Waals surface area contributed by atoms with Gasteiger partial charge in [0.15, 0.2) is 5.13 Å². The first kappa shape index (κ1) is 21.3. The maximum Gasteiger partial charge on any atom is 0.257 e. The van der Waals surface area contributed by atoms with Crippen LogP contribution in [0.5, 0.6) is 0 Å². The normalized spacial score (nSPS) is 14.7. The Morgan fingerprint density at radius 1 is 1.07 bits per heavy atom. The number of carbonyl (C=O) groups excluding carboxylic acids is 1. The molecule has 0 aliphatic carbocycles. The maximum atomic E-state index is 12.9. The number of nitrogens with zero attached hydrogens (tertiary/aromatic N) is 2. The lowest BCUT2D eigenvalue weighted by molar-refractivity contribution is 0.102. The molecule has 156 valence electrons. The van der Waals surface area contributed by atoms with E-state index in [0.717, 1.165) is 18.4 Å². The molecule has 2 aromatic carbocycles. The van der Waals surface area contributed by atoms with Gasteiger partial charge in [-0.3, -0.25) is 10.1 Å². The predicted molar refractivity (Wildman–Crippen MR) is 120 cm³/mol. The van der Waals surface area contributed by atoms with Crippen molar-refractivity contribution in [3.8, 4) is 11.3 Å². The van der Waals surface area contributed by atoms with Crippen molar-refractivity contribution in [1.29, 1.82) is 0 Å². The maximum absolute atomic E-state index is 12.9. The number of aromatic nitrogens is 1. The van der Waals surface area contributed by atoms with Crippen LogP contribution in [0.3, 0.4) is 0 Å². The molecule has 0 unspecified atom stereocenters. The van der Waals surface area contributed by atoms with Gasteiger partial charge in [0.05, 0.1) is 10.7 Å². The molecule has 1 aliphatic heterocycles. The zero-order valence-corrected chi connectivity index (χ0v) is 18.8. The average molecular weight is 482 g/mol. The van der Waals surface area contributed by atoms with Crippen LogP contribution < -0.4 is 5.32 Å².